The third-order valence-electron chi connectivity index (χ3n) is 5.25. The number of phenolic OH excluding ortho intramolecular Hbond substituents is 2. The molecule has 0 heterocycles. The van der Waals surface area contributed by atoms with Crippen molar-refractivity contribution in [3.05, 3.63) is 83.5 Å². The summed E-state index contributed by atoms with van der Waals surface area (Å²) < 4.78 is 10.4. The van der Waals surface area contributed by atoms with Crippen LogP contribution in [0.1, 0.15) is 42.0 Å². The first-order chi connectivity index (χ1) is 16.7. The zero-order valence-electron chi connectivity index (χ0n) is 20.5. The predicted molar refractivity (Wildman–Crippen MR) is 139 cm³/mol. The van der Waals surface area contributed by atoms with Crippen LogP contribution in [0.15, 0.2) is 61.2 Å². The molecule has 0 fully saturated rings. The van der Waals surface area contributed by atoms with E-state index in [1.54, 1.807) is 42.5 Å². The third-order valence-corrected chi connectivity index (χ3v) is 5.25. The monoisotopic (exact) mass is 476 g/mol. The fraction of sp³-hybridized carbons (Fsp3) is 0.241. The fourth-order valence-corrected chi connectivity index (χ4v) is 3.40. The zero-order chi connectivity index (χ0) is 26.0. The smallest absolute Gasteiger partial charge is 0.163 e. The van der Waals surface area contributed by atoms with Gasteiger partial charge in [-0.05, 0) is 79.3 Å². The Hall–Kier alpha value is -4.06. The van der Waals surface area contributed by atoms with Gasteiger partial charge in [-0.3, -0.25) is 9.59 Å². The lowest BCUT2D eigenvalue weighted by molar-refractivity contribution is -0.121. The van der Waals surface area contributed by atoms with Crippen LogP contribution in [0.4, 0.5) is 0 Å². The molecule has 2 aromatic rings. The van der Waals surface area contributed by atoms with Crippen molar-refractivity contribution < 1.29 is 29.3 Å². The number of ketones is 2. The van der Waals surface area contributed by atoms with Crippen LogP contribution in [0.3, 0.4) is 0 Å². The van der Waals surface area contributed by atoms with Gasteiger partial charge in [-0.2, -0.15) is 0 Å². The predicted octanol–water partition coefficient (Wildman–Crippen LogP) is 5.61. The van der Waals surface area contributed by atoms with E-state index in [0.717, 1.165) is 5.57 Å². The minimum atomic E-state index is -0.359. The van der Waals surface area contributed by atoms with Crippen molar-refractivity contribution in [2.24, 2.45) is 0 Å². The molecule has 0 amide bonds. The molecule has 0 saturated carbocycles. The Morgan fingerprint density at radius 1 is 0.886 bits per heavy atom. The average Bonchev–Trinajstić information content (AvgIpc) is 2.82. The molecular formula is C29H32O6. The zero-order valence-corrected chi connectivity index (χ0v) is 20.5. The molecule has 0 aromatic heterocycles. The number of benzene rings is 2. The van der Waals surface area contributed by atoms with Crippen LogP contribution in [0, 0.1) is 0 Å². The summed E-state index contributed by atoms with van der Waals surface area (Å²) in [4.78, 5) is 24.7. The van der Waals surface area contributed by atoms with Gasteiger partial charge in [0.05, 0.1) is 20.6 Å². The van der Waals surface area contributed by atoms with Gasteiger partial charge in [0.15, 0.2) is 34.6 Å². The molecule has 35 heavy (non-hydrogen) atoms. The van der Waals surface area contributed by atoms with Gasteiger partial charge in [-0.1, -0.05) is 23.8 Å². The fourth-order valence-electron chi connectivity index (χ4n) is 3.40. The van der Waals surface area contributed by atoms with E-state index in [0.29, 0.717) is 53.0 Å². The largest absolute Gasteiger partial charge is 0.504 e. The first kappa shape index (κ1) is 27.2. The summed E-state index contributed by atoms with van der Waals surface area (Å²) in [6.07, 6.45) is 8.95. The Morgan fingerprint density at radius 3 is 1.83 bits per heavy atom. The highest BCUT2D eigenvalue weighted by atomic mass is 16.5. The maximum absolute atomic E-state index is 12.3. The minimum Gasteiger partial charge on any atom is -0.504 e. The molecular weight excluding hydrogens is 444 g/mol. The molecule has 0 aliphatic carbocycles. The van der Waals surface area contributed by atoms with Crippen LogP contribution in [-0.2, 0) is 22.4 Å². The lowest BCUT2D eigenvalue weighted by atomic mass is 10.0. The molecule has 0 radical (unpaired) electrons. The van der Waals surface area contributed by atoms with Crippen LogP contribution in [0.25, 0.3) is 12.2 Å². The van der Waals surface area contributed by atoms with Crippen molar-refractivity contribution in [3.63, 3.8) is 0 Å². The first-order valence-electron chi connectivity index (χ1n) is 11.1. The second kappa shape index (κ2) is 13.0. The number of hydrogen-bond donors (Lipinski definition) is 2. The average molecular weight is 477 g/mol. The van der Waals surface area contributed by atoms with Gasteiger partial charge in [0.2, 0.25) is 0 Å². The number of aromatic hydroxyl groups is 2. The van der Waals surface area contributed by atoms with Gasteiger partial charge in [-0.25, -0.2) is 0 Å². The van der Waals surface area contributed by atoms with E-state index in [9.17, 15) is 19.8 Å². The highest BCUT2D eigenvalue weighted by molar-refractivity contribution is 6.10. The Kier molecular flexibility index (Phi) is 10.1. The molecule has 2 N–H and O–H groups in total. The van der Waals surface area contributed by atoms with E-state index in [-0.39, 0.29) is 29.5 Å². The summed E-state index contributed by atoms with van der Waals surface area (Å²) >= 11 is 0. The number of carbonyl (C=O) groups excluding carboxylic acids is 2. The number of methoxy groups -OCH3 is 2. The summed E-state index contributed by atoms with van der Waals surface area (Å²) in [5, 5.41) is 20.5. The summed E-state index contributed by atoms with van der Waals surface area (Å²) in [5.74, 6) is -0.00410. The topological polar surface area (TPSA) is 93.1 Å². The van der Waals surface area contributed by atoms with E-state index in [1.807, 2.05) is 6.92 Å². The number of aryl methyl sites for hydroxylation is 1. The number of allylic oxidation sites excluding steroid dienone is 4. The SMILES string of the molecule is C=CCc1cc(C=CC(=O)CC(=O)C=Cc2cc(CCC(=C)C)c(O)c(OC)c2)cc(OC)c1O. The number of ether oxygens (including phenoxy) is 2. The Labute approximate surface area is 206 Å². The summed E-state index contributed by atoms with van der Waals surface area (Å²) in [6, 6.07) is 6.75. The van der Waals surface area contributed by atoms with Crippen LogP contribution >= 0.6 is 0 Å². The number of hydrogen-bond acceptors (Lipinski definition) is 6. The second-order valence-electron chi connectivity index (χ2n) is 8.19. The van der Waals surface area contributed by atoms with Crippen molar-refractivity contribution in [1.29, 1.82) is 0 Å². The van der Waals surface area contributed by atoms with Crippen molar-refractivity contribution in [2.45, 2.75) is 32.6 Å². The molecule has 0 saturated heterocycles. The van der Waals surface area contributed by atoms with Crippen molar-refractivity contribution >= 4 is 23.7 Å². The van der Waals surface area contributed by atoms with Gasteiger partial charge in [0, 0.05) is 5.56 Å². The lowest BCUT2D eigenvalue weighted by Crippen LogP contribution is -2.02. The van der Waals surface area contributed by atoms with Gasteiger partial charge >= 0.3 is 0 Å². The Balaban J connectivity index is 2.10. The molecule has 0 bridgehead atoms. The quantitative estimate of drug-likeness (QED) is 0.222. The van der Waals surface area contributed by atoms with Gasteiger partial charge < -0.3 is 19.7 Å². The number of carbonyl (C=O) groups is 2. The molecule has 0 aliphatic heterocycles. The Bertz CT molecular complexity index is 1170. The standard InChI is InChI=1S/C29H32O6/c1-6-7-22-14-20(16-26(34-4)28(22)32)9-12-24(30)18-25(31)13-10-21-15-23(11-8-19(2)3)29(33)27(17-21)35-5/h6,9-10,12-17,32-33H,1-2,7-8,11,18H2,3-5H3. The number of phenols is 2. The van der Waals surface area contributed by atoms with E-state index in [1.165, 1.54) is 26.4 Å². The van der Waals surface area contributed by atoms with Crippen LogP contribution < -0.4 is 9.47 Å². The second-order valence-corrected chi connectivity index (χ2v) is 8.19. The maximum atomic E-state index is 12.3. The molecule has 2 rings (SSSR count). The van der Waals surface area contributed by atoms with Gasteiger partial charge in [-0.15, -0.1) is 13.2 Å². The van der Waals surface area contributed by atoms with Gasteiger partial charge in [0.1, 0.15) is 0 Å². The van der Waals surface area contributed by atoms with Crippen molar-refractivity contribution in [3.8, 4) is 23.0 Å². The molecule has 2 aromatic carbocycles. The summed E-state index contributed by atoms with van der Waals surface area (Å²) in [5.41, 5.74) is 3.65. The lowest BCUT2D eigenvalue weighted by Gasteiger charge is -2.11. The normalized spacial score (nSPS) is 11.1. The number of rotatable bonds is 13. The molecule has 0 atom stereocenters. The van der Waals surface area contributed by atoms with Crippen LogP contribution in [0.2, 0.25) is 0 Å². The molecule has 184 valence electrons. The van der Waals surface area contributed by atoms with Crippen LogP contribution in [0.5, 0.6) is 23.0 Å². The first-order valence-corrected chi connectivity index (χ1v) is 11.1. The van der Waals surface area contributed by atoms with Crippen molar-refractivity contribution in [2.75, 3.05) is 14.2 Å². The van der Waals surface area contributed by atoms with Crippen molar-refractivity contribution in [1.82, 2.24) is 0 Å². The summed E-state index contributed by atoms with van der Waals surface area (Å²) in [6.45, 7) is 9.47. The van der Waals surface area contributed by atoms with E-state index in [4.69, 9.17) is 9.47 Å². The minimum absolute atomic E-state index is 0.0323. The molecule has 6 heteroatoms. The van der Waals surface area contributed by atoms with E-state index in [2.05, 4.69) is 13.2 Å². The Morgan fingerprint density at radius 2 is 1.37 bits per heavy atom. The summed E-state index contributed by atoms with van der Waals surface area (Å²) in [7, 11) is 2.91. The van der Waals surface area contributed by atoms with E-state index < -0.39 is 0 Å². The molecule has 0 spiro atoms. The molecule has 0 aliphatic rings. The molecule has 6 nitrogen and oxygen atoms in total. The highest BCUT2D eigenvalue weighted by Crippen LogP contribution is 2.34. The maximum Gasteiger partial charge on any atom is 0.163 e. The highest BCUT2D eigenvalue weighted by Gasteiger charge is 2.11. The molecule has 0 unspecified atom stereocenters. The van der Waals surface area contributed by atoms with Crippen LogP contribution in [-0.4, -0.2) is 36.0 Å². The van der Waals surface area contributed by atoms with E-state index >= 15 is 0 Å². The van der Waals surface area contributed by atoms with Gasteiger partial charge in [0.25, 0.3) is 0 Å². The third kappa shape index (κ3) is 8.03.